The van der Waals surface area contributed by atoms with Gasteiger partial charge in [-0.15, -0.1) is 6.58 Å². The minimum absolute atomic E-state index is 0.0209. The molecule has 2 aromatic heterocycles. The van der Waals surface area contributed by atoms with E-state index in [2.05, 4.69) is 6.58 Å². The molecule has 0 bridgehead atoms. The van der Waals surface area contributed by atoms with Gasteiger partial charge in [0, 0.05) is 37.6 Å². The van der Waals surface area contributed by atoms with E-state index in [1.165, 1.54) is 0 Å². The van der Waals surface area contributed by atoms with Crippen molar-refractivity contribution in [1.82, 2.24) is 14.4 Å². The molecule has 1 aromatic carbocycles. The molecule has 156 valence electrons. The van der Waals surface area contributed by atoms with Gasteiger partial charge in [0.2, 0.25) is 11.6 Å². The Morgan fingerprint density at radius 3 is 2.73 bits per heavy atom. The van der Waals surface area contributed by atoms with Gasteiger partial charge in [-0.1, -0.05) is 36.4 Å². The van der Waals surface area contributed by atoms with Crippen molar-refractivity contribution >= 4 is 22.9 Å². The monoisotopic (exact) mass is 405 g/mol. The molecule has 0 saturated carbocycles. The first-order valence-electron chi connectivity index (χ1n) is 10.4. The molecule has 6 heteroatoms. The second kappa shape index (κ2) is 8.61. The van der Waals surface area contributed by atoms with Crippen molar-refractivity contribution in [2.24, 2.45) is 0 Å². The lowest BCUT2D eigenvalue weighted by Gasteiger charge is -2.40. The van der Waals surface area contributed by atoms with Crippen LogP contribution in [0.25, 0.3) is 11.1 Å². The van der Waals surface area contributed by atoms with E-state index in [1.54, 1.807) is 6.26 Å². The standard InChI is InChI=1S/C24H27N3O3/c1-3-4-11-27-21(16-20-10-14-30-24(20)27)23(29)25-12-13-26(18(2)17-25)22(28)15-19-8-6-5-7-9-19/h3,5-10,14,16,18H,1,4,11-13,15,17H2,2H3/t18-/m1/s1. The number of nitrogens with zero attached hydrogens (tertiary/aromatic N) is 3. The summed E-state index contributed by atoms with van der Waals surface area (Å²) in [5.41, 5.74) is 2.35. The summed E-state index contributed by atoms with van der Waals surface area (Å²) in [5, 5.41) is 0.923. The van der Waals surface area contributed by atoms with Crippen LogP contribution in [0.1, 0.15) is 29.4 Å². The van der Waals surface area contributed by atoms with Crippen LogP contribution in [0.15, 0.2) is 65.8 Å². The van der Waals surface area contributed by atoms with Crippen molar-refractivity contribution in [3.05, 3.63) is 72.6 Å². The second-order valence-corrected chi connectivity index (χ2v) is 7.79. The van der Waals surface area contributed by atoms with E-state index in [9.17, 15) is 9.59 Å². The third kappa shape index (κ3) is 3.90. The molecule has 4 rings (SSSR count). The van der Waals surface area contributed by atoms with Gasteiger partial charge in [0.15, 0.2) is 0 Å². The predicted molar refractivity (Wildman–Crippen MR) is 116 cm³/mol. The summed E-state index contributed by atoms with van der Waals surface area (Å²) in [6.45, 7) is 8.02. The van der Waals surface area contributed by atoms with Gasteiger partial charge in [0.25, 0.3) is 5.91 Å². The normalized spacial score (nSPS) is 16.8. The minimum Gasteiger partial charge on any atom is -0.448 e. The SMILES string of the molecule is C=CCCn1c(C(=O)N2CCN(C(=O)Cc3ccccc3)[C@H](C)C2)cc2ccoc21. The van der Waals surface area contributed by atoms with E-state index in [-0.39, 0.29) is 17.9 Å². The van der Waals surface area contributed by atoms with Gasteiger partial charge >= 0.3 is 0 Å². The zero-order valence-electron chi connectivity index (χ0n) is 17.3. The second-order valence-electron chi connectivity index (χ2n) is 7.79. The van der Waals surface area contributed by atoms with Crippen LogP contribution in [0.2, 0.25) is 0 Å². The first-order valence-corrected chi connectivity index (χ1v) is 10.4. The van der Waals surface area contributed by atoms with Crippen molar-refractivity contribution in [1.29, 1.82) is 0 Å². The molecule has 0 unspecified atom stereocenters. The highest BCUT2D eigenvalue weighted by atomic mass is 16.3. The first-order chi connectivity index (χ1) is 14.6. The van der Waals surface area contributed by atoms with Crippen LogP contribution in [-0.4, -0.2) is 51.9 Å². The summed E-state index contributed by atoms with van der Waals surface area (Å²) in [6, 6.07) is 13.5. The summed E-state index contributed by atoms with van der Waals surface area (Å²) in [4.78, 5) is 29.8. The lowest BCUT2D eigenvalue weighted by molar-refractivity contribution is -0.134. The molecule has 0 aliphatic carbocycles. The average molecular weight is 405 g/mol. The summed E-state index contributed by atoms with van der Waals surface area (Å²) >= 11 is 0. The molecule has 3 heterocycles. The van der Waals surface area contributed by atoms with Gasteiger partial charge in [0.05, 0.1) is 12.7 Å². The Morgan fingerprint density at radius 2 is 2.00 bits per heavy atom. The van der Waals surface area contributed by atoms with Crippen molar-refractivity contribution in [2.45, 2.75) is 32.4 Å². The Labute approximate surface area is 176 Å². The molecule has 1 fully saturated rings. The molecule has 1 aliphatic rings. The van der Waals surface area contributed by atoms with Crippen LogP contribution in [0, 0.1) is 0 Å². The Kier molecular flexibility index (Phi) is 5.74. The van der Waals surface area contributed by atoms with E-state index in [0.717, 1.165) is 17.4 Å². The summed E-state index contributed by atoms with van der Waals surface area (Å²) in [5.74, 6) is 0.0835. The van der Waals surface area contributed by atoms with Crippen molar-refractivity contribution in [2.75, 3.05) is 19.6 Å². The Balaban J connectivity index is 1.46. The van der Waals surface area contributed by atoms with Crippen LogP contribution in [0.3, 0.4) is 0 Å². The molecule has 30 heavy (non-hydrogen) atoms. The van der Waals surface area contributed by atoms with Crippen LogP contribution in [0.5, 0.6) is 0 Å². The van der Waals surface area contributed by atoms with Gasteiger partial charge in [0.1, 0.15) is 5.69 Å². The number of furan rings is 1. The van der Waals surface area contributed by atoms with E-state index >= 15 is 0 Å². The van der Waals surface area contributed by atoms with Gasteiger partial charge in [-0.05, 0) is 31.0 Å². The number of hydrogen-bond acceptors (Lipinski definition) is 3. The number of piperazine rings is 1. The lowest BCUT2D eigenvalue weighted by Crippen LogP contribution is -2.56. The fourth-order valence-electron chi connectivity index (χ4n) is 4.14. The number of aryl methyl sites for hydroxylation is 1. The molecule has 1 saturated heterocycles. The highest BCUT2D eigenvalue weighted by molar-refractivity contribution is 5.98. The Hall–Kier alpha value is -3.28. The van der Waals surface area contributed by atoms with E-state index in [4.69, 9.17) is 4.42 Å². The van der Waals surface area contributed by atoms with Crippen LogP contribution >= 0.6 is 0 Å². The molecule has 6 nitrogen and oxygen atoms in total. The van der Waals surface area contributed by atoms with E-state index < -0.39 is 0 Å². The summed E-state index contributed by atoms with van der Waals surface area (Å²) in [6.07, 6.45) is 4.62. The molecule has 0 radical (unpaired) electrons. The lowest BCUT2D eigenvalue weighted by atomic mass is 10.1. The zero-order chi connectivity index (χ0) is 21.1. The summed E-state index contributed by atoms with van der Waals surface area (Å²) in [7, 11) is 0. The fourth-order valence-corrected chi connectivity index (χ4v) is 4.14. The van der Waals surface area contributed by atoms with Gasteiger partial charge in [-0.3, -0.25) is 9.59 Å². The number of fused-ring (bicyclic) bond motifs is 1. The smallest absolute Gasteiger partial charge is 0.270 e. The van der Waals surface area contributed by atoms with Crippen LogP contribution in [-0.2, 0) is 17.8 Å². The predicted octanol–water partition coefficient (Wildman–Crippen LogP) is 3.73. The quantitative estimate of drug-likeness (QED) is 0.587. The molecule has 2 amide bonds. The average Bonchev–Trinajstić information content (AvgIpc) is 3.34. The number of hydrogen-bond donors (Lipinski definition) is 0. The third-order valence-corrected chi connectivity index (χ3v) is 5.71. The maximum absolute atomic E-state index is 13.3. The number of carbonyl (C=O) groups is 2. The number of rotatable bonds is 6. The molecular formula is C24H27N3O3. The highest BCUT2D eigenvalue weighted by Gasteiger charge is 2.31. The van der Waals surface area contributed by atoms with E-state index in [0.29, 0.717) is 44.0 Å². The zero-order valence-corrected chi connectivity index (χ0v) is 17.3. The van der Waals surface area contributed by atoms with Gasteiger partial charge in [-0.25, -0.2) is 0 Å². The maximum Gasteiger partial charge on any atom is 0.270 e. The van der Waals surface area contributed by atoms with Crippen LogP contribution < -0.4 is 0 Å². The Morgan fingerprint density at radius 1 is 1.20 bits per heavy atom. The number of aromatic nitrogens is 1. The van der Waals surface area contributed by atoms with Gasteiger partial charge in [-0.2, -0.15) is 0 Å². The topological polar surface area (TPSA) is 58.7 Å². The number of carbonyl (C=O) groups excluding carboxylic acids is 2. The van der Waals surface area contributed by atoms with Crippen molar-refractivity contribution < 1.29 is 14.0 Å². The van der Waals surface area contributed by atoms with Crippen molar-refractivity contribution in [3.63, 3.8) is 0 Å². The molecule has 3 aromatic rings. The first kappa shape index (κ1) is 20.0. The maximum atomic E-state index is 13.3. The van der Waals surface area contributed by atoms with Crippen molar-refractivity contribution in [3.8, 4) is 0 Å². The molecule has 0 spiro atoms. The number of benzene rings is 1. The minimum atomic E-state index is -0.0292. The van der Waals surface area contributed by atoms with Gasteiger partial charge < -0.3 is 18.8 Å². The number of amides is 2. The molecule has 1 atom stereocenters. The molecule has 0 N–H and O–H groups in total. The molecule has 1 aliphatic heterocycles. The van der Waals surface area contributed by atoms with Crippen LogP contribution in [0.4, 0.5) is 0 Å². The fraction of sp³-hybridized carbons (Fsp3) is 0.333. The van der Waals surface area contributed by atoms with E-state index in [1.807, 2.05) is 69.8 Å². The third-order valence-electron chi connectivity index (χ3n) is 5.71. The molecular weight excluding hydrogens is 378 g/mol. The Bertz CT molecular complexity index is 1050. The largest absolute Gasteiger partial charge is 0.448 e. The number of allylic oxidation sites excluding steroid dienone is 1. The highest BCUT2D eigenvalue weighted by Crippen LogP contribution is 2.24. The summed E-state index contributed by atoms with van der Waals surface area (Å²) < 4.78 is 7.52.